The third kappa shape index (κ3) is 2.55. The van der Waals surface area contributed by atoms with Crippen molar-refractivity contribution in [2.75, 3.05) is 6.54 Å². The molecule has 3 N–H and O–H groups in total. The predicted molar refractivity (Wildman–Crippen MR) is 50.2 cm³/mol. The van der Waals surface area contributed by atoms with Gasteiger partial charge in [0.15, 0.2) is 0 Å². The number of nitrogens with two attached hydrogens (primary N) is 1. The van der Waals surface area contributed by atoms with Gasteiger partial charge in [-0.15, -0.1) is 11.3 Å². The van der Waals surface area contributed by atoms with Crippen molar-refractivity contribution >= 4 is 11.3 Å². The normalized spacial score (nSPS) is 15.9. The maximum Gasteiger partial charge on any atom is 0.0969 e. The van der Waals surface area contributed by atoms with Crippen molar-refractivity contribution in [2.24, 2.45) is 5.73 Å². The summed E-state index contributed by atoms with van der Waals surface area (Å²) in [6, 6.07) is 0. The van der Waals surface area contributed by atoms with E-state index in [9.17, 15) is 5.11 Å². The van der Waals surface area contributed by atoms with E-state index in [1.54, 1.807) is 24.5 Å². The Bertz CT molecular complexity index is 211. The smallest absolute Gasteiger partial charge is 0.0969 e. The summed E-state index contributed by atoms with van der Waals surface area (Å²) >= 11 is 1.60. The molecule has 68 valence electrons. The van der Waals surface area contributed by atoms with Crippen molar-refractivity contribution < 1.29 is 5.11 Å². The lowest BCUT2D eigenvalue weighted by molar-refractivity contribution is 0.175. The highest BCUT2D eigenvalue weighted by Crippen LogP contribution is 2.21. The van der Waals surface area contributed by atoms with E-state index >= 15 is 0 Å². The maximum absolute atomic E-state index is 9.17. The number of nitrogens with zero attached hydrogens (tertiary/aromatic N) is 1. The van der Waals surface area contributed by atoms with Crippen LogP contribution in [0, 0.1) is 0 Å². The molecule has 0 spiro atoms. The molecule has 1 aromatic rings. The van der Waals surface area contributed by atoms with Crippen molar-refractivity contribution in [2.45, 2.75) is 25.4 Å². The molecule has 0 bridgehead atoms. The van der Waals surface area contributed by atoms with Gasteiger partial charge in [-0.05, 0) is 13.3 Å². The van der Waals surface area contributed by atoms with Crippen LogP contribution >= 0.6 is 11.3 Å². The predicted octanol–water partition coefficient (Wildman–Crippen LogP) is 0.956. The topological polar surface area (TPSA) is 59.1 Å². The summed E-state index contributed by atoms with van der Waals surface area (Å²) in [5, 5.41) is 12.1. The van der Waals surface area contributed by atoms with Crippen LogP contribution in [0.4, 0.5) is 0 Å². The fourth-order valence-electron chi connectivity index (χ4n) is 1.15. The largest absolute Gasteiger partial charge is 0.393 e. The standard InChI is InChI=1S/C8H14N2OS/c1-6(11)4-7(5-9)8-10-2-3-12-8/h2-3,6-7,11H,4-5,9H2,1H3. The van der Waals surface area contributed by atoms with E-state index in [0.29, 0.717) is 13.0 Å². The summed E-state index contributed by atoms with van der Waals surface area (Å²) in [7, 11) is 0. The highest BCUT2D eigenvalue weighted by Gasteiger charge is 2.14. The number of aromatic nitrogens is 1. The van der Waals surface area contributed by atoms with Crippen LogP contribution in [-0.2, 0) is 0 Å². The molecule has 3 nitrogen and oxygen atoms in total. The number of aliphatic hydroxyl groups excluding tert-OH is 1. The third-order valence-electron chi connectivity index (χ3n) is 1.71. The minimum atomic E-state index is -0.303. The Morgan fingerprint density at radius 2 is 2.50 bits per heavy atom. The first-order valence-electron chi connectivity index (χ1n) is 4.01. The molecule has 0 aliphatic heterocycles. The van der Waals surface area contributed by atoms with Crippen LogP contribution < -0.4 is 5.73 Å². The molecule has 0 saturated carbocycles. The molecule has 4 heteroatoms. The molecule has 0 aliphatic carbocycles. The summed E-state index contributed by atoms with van der Waals surface area (Å²) in [4.78, 5) is 4.17. The van der Waals surface area contributed by atoms with Gasteiger partial charge >= 0.3 is 0 Å². The minimum Gasteiger partial charge on any atom is -0.393 e. The molecule has 0 amide bonds. The van der Waals surface area contributed by atoms with Crippen LogP contribution in [0.3, 0.4) is 0 Å². The molecule has 0 aliphatic rings. The van der Waals surface area contributed by atoms with Crippen LogP contribution in [0.25, 0.3) is 0 Å². The van der Waals surface area contributed by atoms with Gasteiger partial charge in [-0.1, -0.05) is 0 Å². The minimum absolute atomic E-state index is 0.213. The van der Waals surface area contributed by atoms with Crippen LogP contribution in [0.2, 0.25) is 0 Å². The fraction of sp³-hybridized carbons (Fsp3) is 0.625. The fourth-order valence-corrected chi connectivity index (χ4v) is 1.91. The van der Waals surface area contributed by atoms with E-state index < -0.39 is 0 Å². The summed E-state index contributed by atoms with van der Waals surface area (Å²) < 4.78 is 0. The zero-order valence-electron chi connectivity index (χ0n) is 7.10. The van der Waals surface area contributed by atoms with E-state index in [2.05, 4.69) is 4.98 Å². The molecule has 0 saturated heterocycles. The lowest BCUT2D eigenvalue weighted by Crippen LogP contribution is -2.17. The molecule has 12 heavy (non-hydrogen) atoms. The number of thiazole rings is 1. The second-order valence-corrected chi connectivity index (χ2v) is 3.81. The highest BCUT2D eigenvalue weighted by atomic mass is 32.1. The number of aliphatic hydroxyl groups is 1. The second-order valence-electron chi connectivity index (χ2n) is 2.89. The molecular weight excluding hydrogens is 172 g/mol. The molecule has 1 aromatic heterocycles. The van der Waals surface area contributed by atoms with E-state index in [4.69, 9.17) is 5.73 Å². The number of rotatable bonds is 4. The van der Waals surface area contributed by atoms with Crippen molar-refractivity contribution in [3.63, 3.8) is 0 Å². The van der Waals surface area contributed by atoms with Gasteiger partial charge in [-0.2, -0.15) is 0 Å². The first kappa shape index (κ1) is 9.64. The summed E-state index contributed by atoms with van der Waals surface area (Å²) in [5.74, 6) is 0.213. The monoisotopic (exact) mass is 186 g/mol. The second kappa shape index (κ2) is 4.54. The van der Waals surface area contributed by atoms with Crippen LogP contribution in [0.1, 0.15) is 24.3 Å². The Morgan fingerprint density at radius 1 is 1.75 bits per heavy atom. The Hall–Kier alpha value is -0.450. The SMILES string of the molecule is CC(O)CC(CN)c1nccs1. The van der Waals surface area contributed by atoms with E-state index in [1.807, 2.05) is 5.38 Å². The number of hydrogen-bond acceptors (Lipinski definition) is 4. The Labute approximate surface area is 76.3 Å². The van der Waals surface area contributed by atoms with Gasteiger partial charge in [0.1, 0.15) is 0 Å². The lowest BCUT2D eigenvalue weighted by atomic mass is 10.0. The molecule has 1 heterocycles. The quantitative estimate of drug-likeness (QED) is 0.736. The van der Waals surface area contributed by atoms with Crippen molar-refractivity contribution in [3.8, 4) is 0 Å². The third-order valence-corrected chi connectivity index (χ3v) is 2.65. The van der Waals surface area contributed by atoms with E-state index in [0.717, 1.165) is 5.01 Å². The molecule has 0 aromatic carbocycles. The molecule has 0 fully saturated rings. The summed E-state index contributed by atoms with van der Waals surface area (Å²) in [6.45, 7) is 2.33. The van der Waals surface area contributed by atoms with Gasteiger partial charge < -0.3 is 10.8 Å². The van der Waals surface area contributed by atoms with Crippen LogP contribution in [-0.4, -0.2) is 22.7 Å². The van der Waals surface area contributed by atoms with Crippen LogP contribution in [0.5, 0.6) is 0 Å². The van der Waals surface area contributed by atoms with E-state index in [1.165, 1.54) is 0 Å². The Morgan fingerprint density at radius 3 is 2.92 bits per heavy atom. The average Bonchev–Trinajstić information content (AvgIpc) is 2.51. The van der Waals surface area contributed by atoms with Crippen LogP contribution in [0.15, 0.2) is 11.6 Å². The highest BCUT2D eigenvalue weighted by molar-refractivity contribution is 7.09. The zero-order chi connectivity index (χ0) is 8.97. The van der Waals surface area contributed by atoms with Crippen molar-refractivity contribution in [3.05, 3.63) is 16.6 Å². The van der Waals surface area contributed by atoms with Crippen molar-refractivity contribution in [1.82, 2.24) is 4.98 Å². The molecule has 0 radical (unpaired) electrons. The Balaban J connectivity index is 2.57. The van der Waals surface area contributed by atoms with Gasteiger partial charge in [-0.3, -0.25) is 0 Å². The Kier molecular flexibility index (Phi) is 3.65. The van der Waals surface area contributed by atoms with Gasteiger partial charge in [-0.25, -0.2) is 4.98 Å². The van der Waals surface area contributed by atoms with Gasteiger partial charge in [0, 0.05) is 24.0 Å². The number of hydrogen-bond donors (Lipinski definition) is 2. The van der Waals surface area contributed by atoms with Gasteiger partial charge in [0.2, 0.25) is 0 Å². The van der Waals surface area contributed by atoms with E-state index in [-0.39, 0.29) is 12.0 Å². The molecular formula is C8H14N2OS. The molecule has 2 atom stereocenters. The first-order valence-corrected chi connectivity index (χ1v) is 4.89. The molecule has 2 unspecified atom stereocenters. The van der Waals surface area contributed by atoms with Gasteiger partial charge in [0.25, 0.3) is 0 Å². The van der Waals surface area contributed by atoms with Crippen molar-refractivity contribution in [1.29, 1.82) is 0 Å². The summed E-state index contributed by atoms with van der Waals surface area (Å²) in [5.41, 5.74) is 5.57. The maximum atomic E-state index is 9.17. The molecule has 1 rings (SSSR count). The summed E-state index contributed by atoms with van der Waals surface area (Å²) in [6.07, 6.45) is 2.16. The van der Waals surface area contributed by atoms with Gasteiger partial charge in [0.05, 0.1) is 11.1 Å². The zero-order valence-corrected chi connectivity index (χ0v) is 7.92. The first-order chi connectivity index (χ1) is 5.74. The average molecular weight is 186 g/mol. The lowest BCUT2D eigenvalue weighted by Gasteiger charge is -2.12.